The van der Waals surface area contributed by atoms with E-state index in [1.807, 2.05) is 31.2 Å². The Morgan fingerprint density at radius 3 is 2.87 bits per heavy atom. The van der Waals surface area contributed by atoms with Gasteiger partial charge in [-0.05, 0) is 24.6 Å². The van der Waals surface area contributed by atoms with Gasteiger partial charge in [-0.15, -0.1) is 0 Å². The van der Waals surface area contributed by atoms with E-state index in [1.54, 1.807) is 11.9 Å². The lowest BCUT2D eigenvalue weighted by molar-refractivity contribution is -0.138. The monoisotopic (exact) mass is 335 g/mol. The number of likely N-dealkylation sites (N-methyl/N-ethyl adjacent to an activating group) is 1. The van der Waals surface area contributed by atoms with Gasteiger partial charge in [-0.25, -0.2) is 0 Å². The number of benzene rings is 1. The first-order valence-electron chi connectivity index (χ1n) is 7.76. The standard InChI is InChI=1S/C17H22ClN3O2/c1-13(17(22)20(2)9-3-8-19)21-10-11-23-16(12-21)14-4-6-15(18)7-5-14/h4-7,13,16H,3,9-12H2,1-2H3/t13-,16-/m0/s1. The molecule has 0 bridgehead atoms. The van der Waals surface area contributed by atoms with Crippen LogP contribution < -0.4 is 0 Å². The number of hydrogen-bond donors (Lipinski definition) is 0. The zero-order chi connectivity index (χ0) is 16.8. The summed E-state index contributed by atoms with van der Waals surface area (Å²) in [5, 5.41) is 9.34. The fourth-order valence-electron chi connectivity index (χ4n) is 2.70. The highest BCUT2D eigenvalue weighted by atomic mass is 35.5. The van der Waals surface area contributed by atoms with E-state index in [1.165, 1.54) is 0 Å². The number of carbonyl (C=O) groups is 1. The van der Waals surface area contributed by atoms with E-state index in [4.69, 9.17) is 21.6 Å². The highest BCUT2D eigenvalue weighted by molar-refractivity contribution is 6.30. The molecule has 2 atom stereocenters. The predicted molar refractivity (Wildman–Crippen MR) is 89.0 cm³/mol. The molecule has 5 nitrogen and oxygen atoms in total. The fraction of sp³-hybridized carbons (Fsp3) is 0.529. The second-order valence-corrected chi connectivity index (χ2v) is 6.19. The number of halogens is 1. The summed E-state index contributed by atoms with van der Waals surface area (Å²) in [4.78, 5) is 16.2. The van der Waals surface area contributed by atoms with Crippen LogP contribution in [-0.2, 0) is 9.53 Å². The molecule has 1 aromatic rings. The molecule has 1 fully saturated rings. The molecule has 0 unspecified atom stereocenters. The molecule has 0 saturated carbocycles. The van der Waals surface area contributed by atoms with Crippen LogP contribution in [0.2, 0.25) is 5.02 Å². The molecule has 2 rings (SSSR count). The van der Waals surface area contributed by atoms with Crippen molar-refractivity contribution in [2.75, 3.05) is 33.3 Å². The van der Waals surface area contributed by atoms with E-state index in [9.17, 15) is 4.79 Å². The van der Waals surface area contributed by atoms with Crippen LogP contribution in [0, 0.1) is 11.3 Å². The van der Waals surface area contributed by atoms with Crippen LogP contribution >= 0.6 is 11.6 Å². The largest absolute Gasteiger partial charge is 0.371 e. The lowest BCUT2D eigenvalue weighted by Crippen LogP contribution is -2.50. The molecule has 1 amide bonds. The second kappa shape index (κ2) is 8.30. The maximum absolute atomic E-state index is 12.5. The van der Waals surface area contributed by atoms with Gasteiger partial charge >= 0.3 is 0 Å². The Bertz CT molecular complexity index is 570. The Kier molecular flexibility index (Phi) is 6.40. The molecule has 6 heteroatoms. The molecule has 0 spiro atoms. The molecule has 124 valence electrons. The normalized spacial score (nSPS) is 19.8. The topological polar surface area (TPSA) is 56.6 Å². The van der Waals surface area contributed by atoms with Crippen molar-refractivity contribution in [3.63, 3.8) is 0 Å². The van der Waals surface area contributed by atoms with Crippen molar-refractivity contribution in [3.8, 4) is 6.07 Å². The summed E-state index contributed by atoms with van der Waals surface area (Å²) in [5.74, 6) is 0.0389. The van der Waals surface area contributed by atoms with Gasteiger partial charge in [0.25, 0.3) is 0 Å². The zero-order valence-electron chi connectivity index (χ0n) is 13.5. The Hall–Kier alpha value is -1.61. The Morgan fingerprint density at radius 2 is 2.22 bits per heavy atom. The summed E-state index contributed by atoms with van der Waals surface area (Å²) in [6, 6.07) is 9.46. The minimum atomic E-state index is -0.225. The summed E-state index contributed by atoms with van der Waals surface area (Å²) >= 11 is 5.92. The van der Waals surface area contributed by atoms with Gasteiger partial charge in [0.05, 0.1) is 31.2 Å². The Labute approximate surface area is 142 Å². The van der Waals surface area contributed by atoms with Crippen LogP contribution in [0.3, 0.4) is 0 Å². The number of nitriles is 1. The van der Waals surface area contributed by atoms with Crippen LogP contribution in [0.5, 0.6) is 0 Å². The SMILES string of the molecule is C[C@@H](C(=O)N(C)CCC#N)N1CCO[C@H](c2ccc(Cl)cc2)C1. The van der Waals surface area contributed by atoms with Crippen molar-refractivity contribution < 1.29 is 9.53 Å². The van der Waals surface area contributed by atoms with Crippen molar-refractivity contribution in [1.29, 1.82) is 5.26 Å². The Balaban J connectivity index is 1.98. The zero-order valence-corrected chi connectivity index (χ0v) is 14.3. The van der Waals surface area contributed by atoms with Crippen molar-refractivity contribution in [1.82, 2.24) is 9.80 Å². The van der Waals surface area contributed by atoms with Gasteiger partial charge in [0.2, 0.25) is 5.91 Å². The molecular formula is C17H22ClN3O2. The van der Waals surface area contributed by atoms with Crippen molar-refractivity contribution in [2.45, 2.75) is 25.5 Å². The van der Waals surface area contributed by atoms with E-state index in [2.05, 4.69) is 11.0 Å². The van der Waals surface area contributed by atoms with Crippen LogP contribution in [-0.4, -0.2) is 55.0 Å². The fourth-order valence-corrected chi connectivity index (χ4v) is 2.83. The highest BCUT2D eigenvalue weighted by Crippen LogP contribution is 2.25. The predicted octanol–water partition coefficient (Wildman–Crippen LogP) is 2.47. The first-order valence-corrected chi connectivity index (χ1v) is 8.13. The summed E-state index contributed by atoms with van der Waals surface area (Å²) in [7, 11) is 1.74. The third kappa shape index (κ3) is 4.68. The summed E-state index contributed by atoms with van der Waals surface area (Å²) < 4.78 is 5.84. The first kappa shape index (κ1) is 17.7. The third-order valence-electron chi connectivity index (χ3n) is 4.18. The Morgan fingerprint density at radius 1 is 1.52 bits per heavy atom. The molecule has 0 aromatic heterocycles. The number of morpholine rings is 1. The molecule has 0 aliphatic carbocycles. The number of ether oxygens (including phenoxy) is 1. The van der Waals surface area contributed by atoms with Crippen LogP contribution in [0.15, 0.2) is 24.3 Å². The van der Waals surface area contributed by atoms with Gasteiger partial charge in [0, 0.05) is 31.7 Å². The molecule has 1 heterocycles. The third-order valence-corrected chi connectivity index (χ3v) is 4.43. The first-order chi connectivity index (χ1) is 11.0. The number of hydrogen-bond acceptors (Lipinski definition) is 4. The van der Waals surface area contributed by atoms with E-state index >= 15 is 0 Å². The number of nitrogens with zero attached hydrogens (tertiary/aromatic N) is 3. The second-order valence-electron chi connectivity index (χ2n) is 5.75. The quantitative estimate of drug-likeness (QED) is 0.829. The van der Waals surface area contributed by atoms with Crippen LogP contribution in [0.4, 0.5) is 0 Å². The minimum Gasteiger partial charge on any atom is -0.371 e. The summed E-state index contributed by atoms with van der Waals surface area (Å²) in [6.45, 7) is 4.36. The number of rotatable bonds is 5. The van der Waals surface area contributed by atoms with Gasteiger partial charge in [-0.3, -0.25) is 9.69 Å². The lowest BCUT2D eigenvalue weighted by atomic mass is 10.1. The average molecular weight is 336 g/mol. The van der Waals surface area contributed by atoms with Gasteiger partial charge in [0.15, 0.2) is 0 Å². The van der Waals surface area contributed by atoms with Crippen molar-refractivity contribution in [3.05, 3.63) is 34.9 Å². The van der Waals surface area contributed by atoms with Crippen molar-refractivity contribution >= 4 is 17.5 Å². The van der Waals surface area contributed by atoms with Gasteiger partial charge in [-0.1, -0.05) is 23.7 Å². The molecular weight excluding hydrogens is 314 g/mol. The maximum Gasteiger partial charge on any atom is 0.239 e. The number of carbonyl (C=O) groups excluding carboxylic acids is 1. The van der Waals surface area contributed by atoms with Crippen LogP contribution in [0.25, 0.3) is 0 Å². The molecule has 1 aromatic carbocycles. The summed E-state index contributed by atoms with van der Waals surface area (Å²) in [5.41, 5.74) is 1.07. The van der Waals surface area contributed by atoms with Crippen LogP contribution in [0.1, 0.15) is 25.0 Å². The summed E-state index contributed by atoms with van der Waals surface area (Å²) in [6.07, 6.45) is 0.298. The molecule has 0 N–H and O–H groups in total. The smallest absolute Gasteiger partial charge is 0.239 e. The molecule has 1 saturated heterocycles. The minimum absolute atomic E-state index is 0.0389. The van der Waals surface area contributed by atoms with E-state index in [-0.39, 0.29) is 18.1 Å². The lowest BCUT2D eigenvalue weighted by Gasteiger charge is -2.37. The molecule has 1 aliphatic heterocycles. The number of amides is 1. The maximum atomic E-state index is 12.5. The molecule has 23 heavy (non-hydrogen) atoms. The average Bonchev–Trinajstić information content (AvgIpc) is 2.59. The van der Waals surface area contributed by atoms with E-state index in [0.29, 0.717) is 31.1 Å². The van der Waals surface area contributed by atoms with E-state index < -0.39 is 0 Å². The van der Waals surface area contributed by atoms with Gasteiger partial charge in [0.1, 0.15) is 0 Å². The van der Waals surface area contributed by atoms with Crippen molar-refractivity contribution in [2.24, 2.45) is 0 Å². The molecule has 0 radical (unpaired) electrons. The van der Waals surface area contributed by atoms with Gasteiger partial charge < -0.3 is 9.64 Å². The van der Waals surface area contributed by atoms with E-state index in [0.717, 1.165) is 12.1 Å². The molecule has 1 aliphatic rings. The van der Waals surface area contributed by atoms with Gasteiger partial charge in [-0.2, -0.15) is 5.26 Å². The highest BCUT2D eigenvalue weighted by Gasteiger charge is 2.30.